The molecule has 14 heavy (non-hydrogen) atoms. The van der Waals surface area contributed by atoms with Crippen molar-refractivity contribution < 1.29 is 0 Å². The van der Waals surface area contributed by atoms with Crippen molar-refractivity contribution in [2.75, 3.05) is 11.9 Å². The zero-order valence-electron chi connectivity index (χ0n) is 8.54. The molecule has 0 unspecified atom stereocenters. The summed E-state index contributed by atoms with van der Waals surface area (Å²) in [5.41, 5.74) is 1.24. The average molecular weight is 210 g/mol. The summed E-state index contributed by atoms with van der Waals surface area (Å²) < 4.78 is 0. The SMILES string of the molecule is CN(c1cccc(Cl)c1)C1CCCC1. The molecule has 0 spiro atoms. The molecule has 0 amide bonds. The summed E-state index contributed by atoms with van der Waals surface area (Å²) in [5.74, 6) is 0. The number of benzene rings is 1. The minimum atomic E-state index is 0.716. The van der Waals surface area contributed by atoms with Gasteiger partial charge in [0.15, 0.2) is 0 Å². The Bertz CT molecular complexity index is 305. The summed E-state index contributed by atoms with van der Waals surface area (Å²) in [7, 11) is 2.17. The maximum absolute atomic E-state index is 5.97. The van der Waals surface area contributed by atoms with Crippen molar-refractivity contribution in [2.45, 2.75) is 31.7 Å². The van der Waals surface area contributed by atoms with Crippen LogP contribution in [0.15, 0.2) is 24.3 Å². The van der Waals surface area contributed by atoms with E-state index in [1.165, 1.54) is 31.4 Å². The Kier molecular flexibility index (Phi) is 2.97. The zero-order chi connectivity index (χ0) is 9.97. The summed E-state index contributed by atoms with van der Waals surface area (Å²) in [5, 5.41) is 0.826. The van der Waals surface area contributed by atoms with Gasteiger partial charge in [-0.25, -0.2) is 0 Å². The second-order valence-electron chi connectivity index (χ2n) is 4.03. The lowest BCUT2D eigenvalue weighted by molar-refractivity contribution is 0.653. The summed E-state index contributed by atoms with van der Waals surface area (Å²) in [6.07, 6.45) is 5.39. The van der Waals surface area contributed by atoms with Gasteiger partial charge in [0.05, 0.1) is 0 Å². The van der Waals surface area contributed by atoms with E-state index in [4.69, 9.17) is 11.6 Å². The Balaban J connectivity index is 2.13. The molecule has 1 aromatic rings. The van der Waals surface area contributed by atoms with Gasteiger partial charge in [-0.3, -0.25) is 0 Å². The van der Waals surface area contributed by atoms with E-state index in [1.807, 2.05) is 18.2 Å². The van der Waals surface area contributed by atoms with Gasteiger partial charge in [0.25, 0.3) is 0 Å². The van der Waals surface area contributed by atoms with E-state index in [1.54, 1.807) is 0 Å². The van der Waals surface area contributed by atoms with Gasteiger partial charge in [0, 0.05) is 23.8 Å². The van der Waals surface area contributed by atoms with Crippen LogP contribution in [0.3, 0.4) is 0 Å². The third kappa shape index (κ3) is 2.03. The number of anilines is 1. The Hall–Kier alpha value is -0.690. The smallest absolute Gasteiger partial charge is 0.0426 e. The maximum Gasteiger partial charge on any atom is 0.0426 e. The molecule has 0 saturated heterocycles. The normalized spacial score (nSPS) is 17.3. The Morgan fingerprint density at radius 2 is 2.00 bits per heavy atom. The molecule has 0 aromatic heterocycles. The van der Waals surface area contributed by atoms with E-state index in [9.17, 15) is 0 Å². The van der Waals surface area contributed by atoms with Gasteiger partial charge in [0.1, 0.15) is 0 Å². The highest BCUT2D eigenvalue weighted by atomic mass is 35.5. The molecular weight excluding hydrogens is 194 g/mol. The van der Waals surface area contributed by atoms with Gasteiger partial charge in [-0.1, -0.05) is 30.5 Å². The first-order valence-electron chi connectivity index (χ1n) is 5.26. The fraction of sp³-hybridized carbons (Fsp3) is 0.500. The molecular formula is C12H16ClN. The zero-order valence-corrected chi connectivity index (χ0v) is 9.30. The lowest BCUT2D eigenvalue weighted by Crippen LogP contribution is -2.28. The largest absolute Gasteiger partial charge is 0.372 e. The minimum absolute atomic E-state index is 0.716. The number of rotatable bonds is 2. The van der Waals surface area contributed by atoms with Crippen LogP contribution in [0.25, 0.3) is 0 Å². The first kappa shape index (κ1) is 9.85. The molecule has 1 nitrogen and oxygen atoms in total. The van der Waals surface area contributed by atoms with Crippen molar-refractivity contribution in [3.05, 3.63) is 29.3 Å². The second kappa shape index (κ2) is 4.22. The molecule has 1 aliphatic carbocycles. The summed E-state index contributed by atoms with van der Waals surface area (Å²) in [6.45, 7) is 0. The maximum atomic E-state index is 5.97. The van der Waals surface area contributed by atoms with E-state index < -0.39 is 0 Å². The van der Waals surface area contributed by atoms with Crippen LogP contribution < -0.4 is 4.90 Å². The first-order chi connectivity index (χ1) is 6.77. The molecule has 0 bridgehead atoms. The van der Waals surface area contributed by atoms with Crippen LogP contribution in [0.1, 0.15) is 25.7 Å². The molecule has 0 aliphatic heterocycles. The lowest BCUT2D eigenvalue weighted by Gasteiger charge is -2.26. The fourth-order valence-corrected chi connectivity index (χ4v) is 2.38. The molecule has 0 heterocycles. The molecule has 1 saturated carbocycles. The van der Waals surface area contributed by atoms with Gasteiger partial charge < -0.3 is 4.90 Å². The molecule has 0 N–H and O–H groups in total. The number of hydrogen-bond donors (Lipinski definition) is 0. The quantitative estimate of drug-likeness (QED) is 0.718. The van der Waals surface area contributed by atoms with Crippen molar-refractivity contribution in [1.82, 2.24) is 0 Å². The molecule has 1 fully saturated rings. The number of nitrogens with zero attached hydrogens (tertiary/aromatic N) is 1. The Morgan fingerprint density at radius 3 is 2.64 bits per heavy atom. The highest BCUT2D eigenvalue weighted by Gasteiger charge is 2.19. The number of halogens is 1. The molecule has 2 rings (SSSR count). The average Bonchev–Trinajstić information content (AvgIpc) is 2.69. The second-order valence-corrected chi connectivity index (χ2v) is 4.47. The predicted molar refractivity (Wildman–Crippen MR) is 62.1 cm³/mol. The van der Waals surface area contributed by atoms with E-state index >= 15 is 0 Å². The van der Waals surface area contributed by atoms with E-state index in [0.717, 1.165) is 5.02 Å². The van der Waals surface area contributed by atoms with Crippen molar-refractivity contribution >= 4 is 17.3 Å². The lowest BCUT2D eigenvalue weighted by atomic mass is 10.2. The fourth-order valence-electron chi connectivity index (χ4n) is 2.20. The Labute approximate surface area is 90.7 Å². The molecule has 1 aromatic carbocycles. The van der Waals surface area contributed by atoms with Gasteiger partial charge in [0.2, 0.25) is 0 Å². The van der Waals surface area contributed by atoms with Gasteiger partial charge in [-0.05, 0) is 31.0 Å². The standard InChI is InChI=1S/C12H16ClN/c1-14(11-6-2-3-7-11)12-8-4-5-10(13)9-12/h4-5,8-9,11H,2-3,6-7H2,1H3. The first-order valence-corrected chi connectivity index (χ1v) is 5.63. The van der Waals surface area contributed by atoms with Crippen LogP contribution in [-0.4, -0.2) is 13.1 Å². The molecule has 0 atom stereocenters. The van der Waals surface area contributed by atoms with E-state index in [-0.39, 0.29) is 0 Å². The van der Waals surface area contributed by atoms with Crippen LogP contribution in [0.5, 0.6) is 0 Å². The van der Waals surface area contributed by atoms with Crippen LogP contribution in [0.4, 0.5) is 5.69 Å². The van der Waals surface area contributed by atoms with Crippen LogP contribution in [-0.2, 0) is 0 Å². The third-order valence-electron chi connectivity index (χ3n) is 3.09. The number of hydrogen-bond acceptors (Lipinski definition) is 1. The van der Waals surface area contributed by atoms with Crippen LogP contribution in [0.2, 0.25) is 5.02 Å². The molecule has 2 heteroatoms. The summed E-state index contributed by atoms with van der Waals surface area (Å²) in [6, 6.07) is 8.83. The van der Waals surface area contributed by atoms with Gasteiger partial charge in [-0.15, -0.1) is 0 Å². The molecule has 76 valence electrons. The monoisotopic (exact) mass is 209 g/mol. The van der Waals surface area contributed by atoms with E-state index in [0.29, 0.717) is 6.04 Å². The van der Waals surface area contributed by atoms with Crippen molar-refractivity contribution in [1.29, 1.82) is 0 Å². The highest BCUT2D eigenvalue weighted by Crippen LogP contribution is 2.28. The Morgan fingerprint density at radius 1 is 1.29 bits per heavy atom. The summed E-state index contributed by atoms with van der Waals surface area (Å²) >= 11 is 5.97. The highest BCUT2D eigenvalue weighted by molar-refractivity contribution is 6.30. The van der Waals surface area contributed by atoms with Gasteiger partial charge in [-0.2, -0.15) is 0 Å². The van der Waals surface area contributed by atoms with Crippen molar-refractivity contribution in [3.8, 4) is 0 Å². The van der Waals surface area contributed by atoms with Crippen molar-refractivity contribution in [2.24, 2.45) is 0 Å². The van der Waals surface area contributed by atoms with Crippen molar-refractivity contribution in [3.63, 3.8) is 0 Å². The molecule has 1 aliphatic rings. The predicted octanol–water partition coefficient (Wildman–Crippen LogP) is 3.72. The van der Waals surface area contributed by atoms with E-state index in [2.05, 4.69) is 18.0 Å². The molecule has 0 radical (unpaired) electrons. The van der Waals surface area contributed by atoms with Crippen LogP contribution >= 0.6 is 11.6 Å². The summed E-state index contributed by atoms with van der Waals surface area (Å²) in [4.78, 5) is 2.36. The van der Waals surface area contributed by atoms with Crippen LogP contribution in [0, 0.1) is 0 Å². The minimum Gasteiger partial charge on any atom is -0.372 e. The van der Waals surface area contributed by atoms with Gasteiger partial charge >= 0.3 is 0 Å². The topological polar surface area (TPSA) is 3.24 Å². The third-order valence-corrected chi connectivity index (χ3v) is 3.32.